The zero-order valence-electron chi connectivity index (χ0n) is 13.6. The van der Waals surface area contributed by atoms with E-state index in [2.05, 4.69) is 14.4 Å². The molecule has 0 saturated carbocycles. The quantitative estimate of drug-likeness (QED) is 0.749. The Kier molecular flexibility index (Phi) is 6.59. The summed E-state index contributed by atoms with van der Waals surface area (Å²) in [6.07, 6.45) is 0. The third-order valence-corrected chi connectivity index (χ3v) is 5.71. The Balaban J connectivity index is 2.07. The van der Waals surface area contributed by atoms with Crippen molar-refractivity contribution in [3.8, 4) is 0 Å². The van der Waals surface area contributed by atoms with E-state index in [-0.39, 0.29) is 21.5 Å². The molecule has 0 aliphatic carbocycles. The van der Waals surface area contributed by atoms with E-state index < -0.39 is 16.0 Å². The van der Waals surface area contributed by atoms with Gasteiger partial charge in [-0.1, -0.05) is 11.6 Å². The first-order valence-electron chi connectivity index (χ1n) is 7.54. The third kappa shape index (κ3) is 4.90. The van der Waals surface area contributed by atoms with Crippen LogP contribution in [-0.2, 0) is 19.5 Å². The summed E-state index contributed by atoms with van der Waals surface area (Å²) >= 11 is 6.04. The van der Waals surface area contributed by atoms with Gasteiger partial charge in [0.2, 0.25) is 10.0 Å². The first-order chi connectivity index (χ1) is 11.3. The first kappa shape index (κ1) is 19.1. The predicted molar refractivity (Wildman–Crippen MR) is 89.8 cm³/mol. The topological polar surface area (TPSA) is 84.9 Å². The van der Waals surface area contributed by atoms with E-state index in [1.807, 2.05) is 0 Å². The number of nitrogens with zero attached hydrogens (tertiary/aromatic N) is 1. The Morgan fingerprint density at radius 3 is 2.67 bits per heavy atom. The number of benzene rings is 1. The van der Waals surface area contributed by atoms with Crippen molar-refractivity contribution in [2.24, 2.45) is 0 Å². The van der Waals surface area contributed by atoms with Crippen LogP contribution < -0.4 is 4.72 Å². The molecule has 0 radical (unpaired) electrons. The number of sulfonamides is 1. The van der Waals surface area contributed by atoms with Crippen molar-refractivity contribution in [2.45, 2.75) is 17.9 Å². The van der Waals surface area contributed by atoms with Crippen molar-refractivity contribution in [1.29, 1.82) is 0 Å². The summed E-state index contributed by atoms with van der Waals surface area (Å²) in [5.41, 5.74) is 0.197. The monoisotopic (exact) mass is 376 g/mol. The number of nitrogens with one attached hydrogen (secondary N) is 1. The fourth-order valence-corrected chi connectivity index (χ4v) is 4.28. The Morgan fingerprint density at radius 2 is 2.08 bits per heavy atom. The van der Waals surface area contributed by atoms with Crippen molar-refractivity contribution in [3.05, 3.63) is 28.8 Å². The van der Waals surface area contributed by atoms with Crippen LogP contribution in [0.2, 0.25) is 5.02 Å². The molecule has 24 heavy (non-hydrogen) atoms. The number of morpholine rings is 1. The molecule has 134 valence electrons. The van der Waals surface area contributed by atoms with Crippen LogP contribution in [0.3, 0.4) is 0 Å². The van der Waals surface area contributed by atoms with Crippen LogP contribution in [-0.4, -0.2) is 65.3 Å². The van der Waals surface area contributed by atoms with E-state index in [1.54, 1.807) is 6.92 Å². The van der Waals surface area contributed by atoms with Crippen LogP contribution in [0.15, 0.2) is 23.1 Å². The minimum Gasteiger partial charge on any atom is -0.465 e. The van der Waals surface area contributed by atoms with Crippen LogP contribution in [0.4, 0.5) is 0 Å². The highest BCUT2D eigenvalue weighted by Gasteiger charge is 2.23. The SMILES string of the molecule is COC(=O)c1ccc(S(=O)(=O)NC(C)CN2CCOCC2)c(Cl)c1. The smallest absolute Gasteiger partial charge is 0.337 e. The van der Waals surface area contributed by atoms with Gasteiger partial charge >= 0.3 is 5.97 Å². The molecule has 9 heteroatoms. The van der Waals surface area contributed by atoms with E-state index in [0.717, 1.165) is 13.1 Å². The fraction of sp³-hybridized carbons (Fsp3) is 0.533. The van der Waals surface area contributed by atoms with Gasteiger partial charge in [0.25, 0.3) is 0 Å². The number of carbonyl (C=O) groups is 1. The van der Waals surface area contributed by atoms with Gasteiger partial charge in [0.15, 0.2) is 0 Å². The summed E-state index contributed by atoms with van der Waals surface area (Å²) in [5.74, 6) is -0.575. The minimum atomic E-state index is -3.78. The molecule has 0 bridgehead atoms. The summed E-state index contributed by atoms with van der Waals surface area (Å²) < 4.78 is 37.5. The highest BCUT2D eigenvalue weighted by molar-refractivity contribution is 7.89. The summed E-state index contributed by atoms with van der Waals surface area (Å²) in [7, 11) is -2.54. The summed E-state index contributed by atoms with van der Waals surface area (Å²) in [6, 6.07) is 3.68. The number of hydrogen-bond acceptors (Lipinski definition) is 6. The molecule has 0 spiro atoms. The number of halogens is 1. The zero-order valence-corrected chi connectivity index (χ0v) is 15.2. The number of esters is 1. The number of methoxy groups -OCH3 is 1. The van der Waals surface area contributed by atoms with E-state index in [0.29, 0.717) is 19.8 Å². The molecular weight excluding hydrogens is 356 g/mol. The maximum absolute atomic E-state index is 12.5. The molecule has 1 aliphatic heterocycles. The van der Waals surface area contributed by atoms with Crippen molar-refractivity contribution in [2.75, 3.05) is 40.0 Å². The average molecular weight is 377 g/mol. The molecule has 1 aliphatic rings. The van der Waals surface area contributed by atoms with Gasteiger partial charge in [0.05, 0.1) is 30.9 Å². The van der Waals surface area contributed by atoms with Gasteiger partial charge < -0.3 is 9.47 Å². The lowest BCUT2D eigenvalue weighted by molar-refractivity contribution is 0.0354. The van der Waals surface area contributed by atoms with Crippen LogP contribution in [0.25, 0.3) is 0 Å². The number of carbonyl (C=O) groups excluding carboxylic acids is 1. The molecule has 0 amide bonds. The van der Waals surface area contributed by atoms with E-state index in [9.17, 15) is 13.2 Å². The molecule has 1 heterocycles. The maximum Gasteiger partial charge on any atom is 0.337 e. The maximum atomic E-state index is 12.5. The van der Waals surface area contributed by atoms with Gasteiger partial charge in [-0.25, -0.2) is 17.9 Å². The van der Waals surface area contributed by atoms with Gasteiger partial charge in [-0.05, 0) is 25.1 Å². The van der Waals surface area contributed by atoms with E-state index in [4.69, 9.17) is 16.3 Å². The second-order valence-electron chi connectivity index (χ2n) is 5.57. The Labute approximate surface area is 146 Å². The Hall–Kier alpha value is -1.19. The highest BCUT2D eigenvalue weighted by atomic mass is 35.5. The molecule has 1 N–H and O–H groups in total. The lowest BCUT2D eigenvalue weighted by Gasteiger charge is -2.29. The van der Waals surface area contributed by atoms with Crippen molar-refractivity contribution in [3.63, 3.8) is 0 Å². The van der Waals surface area contributed by atoms with Gasteiger partial charge in [-0.3, -0.25) is 4.90 Å². The molecule has 1 aromatic carbocycles. The van der Waals surface area contributed by atoms with Gasteiger partial charge in [-0.2, -0.15) is 0 Å². The number of ether oxygens (including phenoxy) is 2. The second kappa shape index (κ2) is 8.26. The normalized spacial score (nSPS) is 17.5. The lowest BCUT2D eigenvalue weighted by Crippen LogP contribution is -2.45. The summed E-state index contributed by atoms with van der Waals surface area (Å²) in [4.78, 5) is 13.5. The van der Waals surface area contributed by atoms with Crippen molar-refractivity contribution >= 4 is 27.6 Å². The fourth-order valence-electron chi connectivity index (χ4n) is 2.50. The van der Waals surface area contributed by atoms with Crippen LogP contribution in [0.5, 0.6) is 0 Å². The predicted octanol–water partition coefficient (Wildman–Crippen LogP) is 1.13. The first-order valence-corrected chi connectivity index (χ1v) is 9.40. The summed E-state index contributed by atoms with van der Waals surface area (Å²) in [5, 5.41) is -0.0241. The largest absolute Gasteiger partial charge is 0.465 e. The Bertz CT molecular complexity index is 689. The molecule has 7 nitrogen and oxygen atoms in total. The molecule has 2 rings (SSSR count). The van der Waals surface area contributed by atoms with E-state index in [1.165, 1.54) is 25.3 Å². The minimum absolute atomic E-state index is 0.0241. The zero-order chi connectivity index (χ0) is 17.7. The third-order valence-electron chi connectivity index (χ3n) is 3.63. The Morgan fingerprint density at radius 1 is 1.42 bits per heavy atom. The number of hydrogen-bond donors (Lipinski definition) is 1. The van der Waals surface area contributed by atoms with Crippen molar-refractivity contribution < 1.29 is 22.7 Å². The lowest BCUT2D eigenvalue weighted by atomic mass is 10.2. The molecular formula is C15H21ClN2O5S. The molecule has 1 fully saturated rings. The standard InChI is InChI=1S/C15H21ClN2O5S/c1-11(10-18-5-7-23-8-6-18)17-24(20,21)14-4-3-12(9-13(14)16)15(19)22-2/h3-4,9,11,17H,5-8,10H2,1-2H3. The van der Waals surface area contributed by atoms with Crippen LogP contribution in [0, 0.1) is 0 Å². The number of rotatable bonds is 6. The molecule has 1 aromatic rings. The van der Waals surface area contributed by atoms with Crippen molar-refractivity contribution in [1.82, 2.24) is 9.62 Å². The van der Waals surface area contributed by atoms with Crippen LogP contribution in [0.1, 0.15) is 17.3 Å². The average Bonchev–Trinajstić information content (AvgIpc) is 2.54. The van der Waals surface area contributed by atoms with Gasteiger partial charge in [0, 0.05) is 25.7 Å². The van der Waals surface area contributed by atoms with Gasteiger partial charge in [-0.15, -0.1) is 0 Å². The second-order valence-corrected chi connectivity index (χ2v) is 7.66. The van der Waals surface area contributed by atoms with Crippen LogP contribution >= 0.6 is 11.6 Å². The molecule has 1 unspecified atom stereocenters. The van der Waals surface area contributed by atoms with E-state index >= 15 is 0 Å². The molecule has 1 atom stereocenters. The molecule has 1 saturated heterocycles. The highest BCUT2D eigenvalue weighted by Crippen LogP contribution is 2.23. The molecule has 0 aromatic heterocycles. The van der Waals surface area contributed by atoms with Gasteiger partial charge in [0.1, 0.15) is 4.90 Å². The summed E-state index contributed by atoms with van der Waals surface area (Å²) in [6.45, 7) is 5.24.